The fourth-order valence-electron chi connectivity index (χ4n) is 1.47. The van der Waals surface area contributed by atoms with Gasteiger partial charge >= 0.3 is 6.09 Å². The number of H-pyrrole nitrogens is 1. The summed E-state index contributed by atoms with van der Waals surface area (Å²) >= 11 is 0. The summed E-state index contributed by atoms with van der Waals surface area (Å²) in [7, 11) is 1.58. The van der Waals surface area contributed by atoms with Gasteiger partial charge in [-0.2, -0.15) is 5.10 Å². The molecule has 0 spiro atoms. The molecule has 0 saturated carbocycles. The molecular weight excluding hydrogens is 232 g/mol. The zero-order chi connectivity index (χ0) is 13.0. The van der Waals surface area contributed by atoms with E-state index in [2.05, 4.69) is 10.2 Å². The molecule has 0 atom stereocenters. The molecule has 0 aliphatic rings. The van der Waals surface area contributed by atoms with Crippen molar-refractivity contribution in [1.82, 2.24) is 10.2 Å². The molecule has 6 nitrogen and oxygen atoms in total. The number of nitrogens with two attached hydrogens (primary N) is 1. The number of aromatic amines is 1. The largest absolute Gasteiger partial charge is 0.444 e. The Bertz CT molecular complexity index is 524. The Morgan fingerprint density at radius 1 is 1.44 bits per heavy atom. The smallest absolute Gasteiger partial charge is 0.414 e. The van der Waals surface area contributed by atoms with E-state index in [0.29, 0.717) is 11.5 Å². The van der Waals surface area contributed by atoms with Gasteiger partial charge in [-0.25, -0.2) is 4.79 Å². The number of hydrogen-bond donors (Lipinski definition) is 2. The zero-order valence-corrected chi connectivity index (χ0v) is 9.96. The summed E-state index contributed by atoms with van der Waals surface area (Å²) in [5.41, 5.74) is 7.04. The van der Waals surface area contributed by atoms with Gasteiger partial charge in [-0.1, -0.05) is 30.3 Å². The van der Waals surface area contributed by atoms with Crippen molar-refractivity contribution in [3.63, 3.8) is 0 Å². The lowest BCUT2D eigenvalue weighted by Crippen LogP contribution is -2.27. The van der Waals surface area contributed by atoms with Crippen LogP contribution in [0.3, 0.4) is 0 Å². The second-order valence-corrected chi connectivity index (χ2v) is 3.77. The van der Waals surface area contributed by atoms with Gasteiger partial charge in [0.15, 0.2) is 0 Å². The van der Waals surface area contributed by atoms with E-state index in [-0.39, 0.29) is 6.61 Å². The Labute approximate surface area is 104 Å². The number of nitrogens with one attached hydrogen (secondary N) is 1. The van der Waals surface area contributed by atoms with E-state index in [0.717, 1.165) is 5.56 Å². The fraction of sp³-hybridized carbons (Fsp3) is 0.167. The third-order valence-electron chi connectivity index (χ3n) is 2.49. The van der Waals surface area contributed by atoms with Crippen molar-refractivity contribution in [1.29, 1.82) is 0 Å². The third-order valence-corrected chi connectivity index (χ3v) is 2.49. The van der Waals surface area contributed by atoms with Gasteiger partial charge in [0.05, 0.1) is 6.20 Å². The summed E-state index contributed by atoms with van der Waals surface area (Å²) in [6.07, 6.45) is 0.992. The molecule has 94 valence electrons. The lowest BCUT2D eigenvalue weighted by atomic mass is 10.2. The maximum absolute atomic E-state index is 11.8. The highest BCUT2D eigenvalue weighted by atomic mass is 16.6. The van der Waals surface area contributed by atoms with Crippen LogP contribution in [0.1, 0.15) is 5.56 Å². The van der Waals surface area contributed by atoms with Gasteiger partial charge in [0.25, 0.3) is 0 Å². The van der Waals surface area contributed by atoms with E-state index in [1.54, 1.807) is 7.05 Å². The van der Waals surface area contributed by atoms with Crippen LogP contribution in [0.25, 0.3) is 0 Å². The van der Waals surface area contributed by atoms with Crippen LogP contribution in [0, 0.1) is 0 Å². The van der Waals surface area contributed by atoms with Gasteiger partial charge in [-0.3, -0.25) is 10.00 Å². The number of carbonyl (C=O) groups excluding carboxylic acids is 1. The van der Waals surface area contributed by atoms with E-state index in [1.165, 1.54) is 11.1 Å². The number of carbonyl (C=O) groups is 1. The predicted octanol–water partition coefficient (Wildman–Crippen LogP) is 1.76. The van der Waals surface area contributed by atoms with Crippen molar-refractivity contribution in [2.24, 2.45) is 0 Å². The number of amides is 1. The van der Waals surface area contributed by atoms with Crippen LogP contribution in [-0.2, 0) is 11.3 Å². The maximum atomic E-state index is 11.8. The quantitative estimate of drug-likeness (QED) is 0.864. The standard InChI is InChI=1S/C12H14N4O2/c1-16(10-7-14-15-11(10)13)12(17)18-8-9-5-3-2-4-6-9/h2-7H,8H2,1H3,(H3,13,14,15). The second-order valence-electron chi connectivity index (χ2n) is 3.77. The number of anilines is 2. The van der Waals surface area contributed by atoms with E-state index < -0.39 is 6.09 Å². The highest BCUT2D eigenvalue weighted by Gasteiger charge is 2.16. The van der Waals surface area contributed by atoms with Crippen LogP contribution in [0.4, 0.5) is 16.3 Å². The minimum absolute atomic E-state index is 0.224. The van der Waals surface area contributed by atoms with Gasteiger partial charge in [0, 0.05) is 7.05 Å². The average molecular weight is 246 g/mol. The maximum Gasteiger partial charge on any atom is 0.414 e. The van der Waals surface area contributed by atoms with Gasteiger partial charge in [0.1, 0.15) is 18.1 Å². The minimum Gasteiger partial charge on any atom is -0.444 e. The summed E-state index contributed by atoms with van der Waals surface area (Å²) in [5, 5.41) is 6.30. The van der Waals surface area contributed by atoms with E-state index in [4.69, 9.17) is 10.5 Å². The van der Waals surface area contributed by atoms with Gasteiger partial charge < -0.3 is 10.5 Å². The summed E-state index contributed by atoms with van der Waals surface area (Å²) < 4.78 is 5.16. The molecule has 2 rings (SSSR count). The van der Waals surface area contributed by atoms with Crippen molar-refractivity contribution < 1.29 is 9.53 Å². The monoisotopic (exact) mass is 246 g/mol. The first kappa shape index (κ1) is 12.0. The molecule has 1 aromatic carbocycles. The van der Waals surface area contributed by atoms with E-state index in [1.807, 2.05) is 30.3 Å². The normalized spacial score (nSPS) is 10.1. The van der Waals surface area contributed by atoms with Crippen LogP contribution < -0.4 is 10.6 Å². The van der Waals surface area contributed by atoms with Gasteiger partial charge in [0.2, 0.25) is 0 Å². The first-order valence-corrected chi connectivity index (χ1v) is 5.41. The molecular formula is C12H14N4O2. The van der Waals surface area contributed by atoms with Crippen molar-refractivity contribution in [3.8, 4) is 0 Å². The molecule has 1 heterocycles. The van der Waals surface area contributed by atoms with E-state index >= 15 is 0 Å². The lowest BCUT2D eigenvalue weighted by molar-refractivity contribution is 0.148. The first-order chi connectivity index (χ1) is 8.68. The second kappa shape index (κ2) is 5.22. The van der Waals surface area contributed by atoms with Crippen LogP contribution in [-0.4, -0.2) is 23.3 Å². The van der Waals surface area contributed by atoms with Gasteiger partial charge in [-0.15, -0.1) is 0 Å². The van der Waals surface area contributed by atoms with Crippen LogP contribution in [0.2, 0.25) is 0 Å². The number of benzene rings is 1. The summed E-state index contributed by atoms with van der Waals surface area (Å²) in [6, 6.07) is 9.46. The number of hydrogen-bond acceptors (Lipinski definition) is 4. The Morgan fingerprint density at radius 3 is 2.78 bits per heavy atom. The Kier molecular flexibility index (Phi) is 3.47. The lowest BCUT2D eigenvalue weighted by Gasteiger charge is -2.15. The molecule has 1 aromatic heterocycles. The number of nitrogen functional groups attached to an aromatic ring is 1. The minimum atomic E-state index is -0.480. The first-order valence-electron chi connectivity index (χ1n) is 5.41. The van der Waals surface area contributed by atoms with Gasteiger partial charge in [-0.05, 0) is 5.56 Å². The van der Waals surface area contributed by atoms with Crippen molar-refractivity contribution in [2.75, 3.05) is 17.7 Å². The molecule has 0 aliphatic carbocycles. The Balaban J connectivity index is 1.95. The highest BCUT2D eigenvalue weighted by molar-refractivity contribution is 5.89. The van der Waals surface area contributed by atoms with Crippen molar-refractivity contribution >= 4 is 17.6 Å². The molecule has 3 N–H and O–H groups in total. The molecule has 2 aromatic rings. The third kappa shape index (κ3) is 2.60. The topological polar surface area (TPSA) is 84.2 Å². The average Bonchev–Trinajstić information content (AvgIpc) is 2.82. The molecule has 0 saturated heterocycles. The number of aromatic nitrogens is 2. The molecule has 0 radical (unpaired) electrons. The van der Waals surface area contributed by atoms with E-state index in [9.17, 15) is 4.79 Å². The Hall–Kier alpha value is -2.50. The molecule has 0 fully saturated rings. The van der Waals surface area contributed by atoms with Crippen LogP contribution in [0.15, 0.2) is 36.5 Å². The number of nitrogens with zero attached hydrogens (tertiary/aromatic N) is 2. The SMILES string of the molecule is CN(C(=O)OCc1ccccc1)c1cn[nH]c1N. The molecule has 1 amide bonds. The Morgan fingerprint density at radius 2 is 2.17 bits per heavy atom. The predicted molar refractivity (Wildman–Crippen MR) is 68.0 cm³/mol. The molecule has 18 heavy (non-hydrogen) atoms. The summed E-state index contributed by atoms with van der Waals surface area (Å²) in [4.78, 5) is 13.1. The molecule has 0 bridgehead atoms. The summed E-state index contributed by atoms with van der Waals surface area (Å²) in [5.74, 6) is 0.328. The highest BCUT2D eigenvalue weighted by Crippen LogP contribution is 2.18. The zero-order valence-electron chi connectivity index (χ0n) is 9.96. The fourth-order valence-corrected chi connectivity index (χ4v) is 1.47. The van der Waals surface area contributed by atoms with Crippen molar-refractivity contribution in [3.05, 3.63) is 42.1 Å². The van der Waals surface area contributed by atoms with Crippen LogP contribution in [0.5, 0.6) is 0 Å². The molecule has 0 unspecified atom stereocenters. The molecule has 6 heteroatoms. The van der Waals surface area contributed by atoms with Crippen molar-refractivity contribution in [2.45, 2.75) is 6.61 Å². The molecule has 0 aliphatic heterocycles. The van der Waals surface area contributed by atoms with Crippen LogP contribution >= 0.6 is 0 Å². The number of rotatable bonds is 3. The number of ether oxygens (including phenoxy) is 1. The summed E-state index contributed by atoms with van der Waals surface area (Å²) in [6.45, 7) is 0.224.